The average molecular weight is 247 g/mol. The smallest absolute Gasteiger partial charge is 0.253 e. The molecule has 1 heterocycles. The summed E-state index contributed by atoms with van der Waals surface area (Å²) in [4.78, 5) is 14.5. The Hall–Kier alpha value is -1.68. The first-order chi connectivity index (χ1) is 8.16. The molecule has 2 aromatic rings. The summed E-state index contributed by atoms with van der Waals surface area (Å²) in [6, 6.07) is 9.06. The fourth-order valence-electron chi connectivity index (χ4n) is 1.59. The number of amides is 1. The van der Waals surface area contributed by atoms with Crippen LogP contribution in [-0.2, 0) is 6.54 Å². The fraction of sp³-hybridized carbons (Fsp3) is 0.154. The molecule has 3 nitrogen and oxygen atoms in total. The molecule has 2 rings (SSSR count). The van der Waals surface area contributed by atoms with Crippen LogP contribution in [0.2, 0.25) is 0 Å². The molecule has 0 saturated carbocycles. The van der Waals surface area contributed by atoms with Gasteiger partial charge in [0.15, 0.2) is 0 Å². The molecule has 1 amide bonds. The summed E-state index contributed by atoms with van der Waals surface area (Å²) in [5, 5.41) is 0. The van der Waals surface area contributed by atoms with Crippen LogP contribution in [-0.4, -0.2) is 17.9 Å². The van der Waals surface area contributed by atoms with Crippen LogP contribution in [0.4, 0.5) is 0 Å². The van der Waals surface area contributed by atoms with Crippen LogP contribution in [0, 0.1) is 0 Å². The summed E-state index contributed by atoms with van der Waals surface area (Å²) < 4.78 is 4.97. The van der Waals surface area contributed by atoms with Gasteiger partial charge < -0.3 is 9.32 Å². The molecule has 0 bridgehead atoms. The van der Waals surface area contributed by atoms with Crippen LogP contribution in [0.1, 0.15) is 15.9 Å². The van der Waals surface area contributed by atoms with Crippen molar-refractivity contribution < 1.29 is 9.21 Å². The first-order valence-electron chi connectivity index (χ1n) is 5.22. The van der Waals surface area contributed by atoms with Crippen LogP contribution in [0.25, 0.3) is 0 Å². The molecule has 0 N–H and O–H groups in total. The molecule has 0 atom stereocenters. The number of carbonyl (C=O) groups is 1. The molecule has 1 aromatic heterocycles. The van der Waals surface area contributed by atoms with Gasteiger partial charge in [-0.1, -0.05) is 6.07 Å². The molecule has 0 aliphatic heterocycles. The van der Waals surface area contributed by atoms with Crippen LogP contribution in [0.15, 0.2) is 52.2 Å². The Morgan fingerprint density at radius 3 is 2.88 bits per heavy atom. The van der Waals surface area contributed by atoms with Gasteiger partial charge in [0.1, 0.15) is 0 Å². The van der Waals surface area contributed by atoms with Gasteiger partial charge in [-0.15, -0.1) is 12.6 Å². The number of hydrogen-bond acceptors (Lipinski definition) is 3. The van der Waals surface area contributed by atoms with Crippen molar-refractivity contribution in [2.45, 2.75) is 11.4 Å². The summed E-state index contributed by atoms with van der Waals surface area (Å²) in [6.07, 6.45) is 3.24. The molecule has 0 aliphatic carbocycles. The van der Waals surface area contributed by atoms with Gasteiger partial charge in [-0.25, -0.2) is 0 Å². The van der Waals surface area contributed by atoms with Gasteiger partial charge in [0.25, 0.3) is 5.91 Å². The quantitative estimate of drug-likeness (QED) is 0.846. The van der Waals surface area contributed by atoms with E-state index in [0.29, 0.717) is 12.1 Å². The molecule has 17 heavy (non-hydrogen) atoms. The molecule has 0 saturated heterocycles. The van der Waals surface area contributed by atoms with E-state index in [1.54, 1.807) is 36.6 Å². The second-order valence-corrected chi connectivity index (χ2v) is 4.36. The van der Waals surface area contributed by atoms with Crippen molar-refractivity contribution in [2.75, 3.05) is 7.05 Å². The van der Waals surface area contributed by atoms with Crippen LogP contribution < -0.4 is 0 Å². The number of nitrogens with zero attached hydrogens (tertiary/aromatic N) is 1. The average Bonchev–Trinajstić information content (AvgIpc) is 2.80. The highest BCUT2D eigenvalue weighted by Crippen LogP contribution is 2.12. The van der Waals surface area contributed by atoms with Crippen molar-refractivity contribution in [1.82, 2.24) is 4.90 Å². The Labute approximate surface area is 105 Å². The first-order valence-corrected chi connectivity index (χ1v) is 5.67. The van der Waals surface area contributed by atoms with Crippen molar-refractivity contribution in [3.63, 3.8) is 0 Å². The fourth-order valence-corrected chi connectivity index (χ4v) is 1.81. The molecule has 4 heteroatoms. The molecule has 0 spiro atoms. The van der Waals surface area contributed by atoms with E-state index >= 15 is 0 Å². The Morgan fingerprint density at radius 1 is 1.41 bits per heavy atom. The molecule has 88 valence electrons. The van der Waals surface area contributed by atoms with Gasteiger partial charge in [0.2, 0.25) is 0 Å². The van der Waals surface area contributed by atoms with Crippen molar-refractivity contribution >= 4 is 18.5 Å². The zero-order valence-electron chi connectivity index (χ0n) is 9.46. The maximum atomic E-state index is 12.1. The zero-order valence-corrected chi connectivity index (χ0v) is 10.4. The monoisotopic (exact) mass is 247 g/mol. The van der Waals surface area contributed by atoms with E-state index in [0.717, 1.165) is 10.5 Å². The third-order valence-electron chi connectivity index (χ3n) is 2.44. The highest BCUT2D eigenvalue weighted by molar-refractivity contribution is 7.80. The SMILES string of the molecule is CN(Cc1ccoc1)C(=O)c1cccc(S)c1. The Morgan fingerprint density at radius 2 is 2.24 bits per heavy atom. The van der Waals surface area contributed by atoms with E-state index in [2.05, 4.69) is 12.6 Å². The largest absolute Gasteiger partial charge is 0.472 e. The van der Waals surface area contributed by atoms with Gasteiger partial charge in [0, 0.05) is 29.6 Å². The molecule has 1 aromatic carbocycles. The second kappa shape index (κ2) is 5.10. The summed E-state index contributed by atoms with van der Waals surface area (Å²) >= 11 is 4.22. The minimum absolute atomic E-state index is 0.0258. The number of carbonyl (C=O) groups excluding carboxylic acids is 1. The Kier molecular flexibility index (Phi) is 3.54. The number of rotatable bonds is 3. The second-order valence-electron chi connectivity index (χ2n) is 3.84. The van der Waals surface area contributed by atoms with E-state index in [1.165, 1.54) is 0 Å². The Bertz CT molecular complexity index is 508. The first kappa shape index (κ1) is 11.8. The maximum absolute atomic E-state index is 12.1. The summed E-state index contributed by atoms with van der Waals surface area (Å²) in [5.41, 5.74) is 1.62. The zero-order chi connectivity index (χ0) is 12.3. The molecule has 0 aliphatic rings. The van der Waals surface area contributed by atoms with Crippen molar-refractivity contribution in [3.8, 4) is 0 Å². The number of hydrogen-bond donors (Lipinski definition) is 1. The number of thiol groups is 1. The third-order valence-corrected chi connectivity index (χ3v) is 2.72. The van der Waals surface area contributed by atoms with Crippen molar-refractivity contribution in [2.24, 2.45) is 0 Å². The van der Waals surface area contributed by atoms with Crippen molar-refractivity contribution in [3.05, 3.63) is 54.0 Å². The lowest BCUT2D eigenvalue weighted by Gasteiger charge is -2.16. The minimum atomic E-state index is -0.0258. The lowest BCUT2D eigenvalue weighted by atomic mass is 10.2. The number of furan rings is 1. The van der Waals surface area contributed by atoms with Crippen LogP contribution in [0.3, 0.4) is 0 Å². The predicted molar refractivity (Wildman–Crippen MR) is 68.2 cm³/mol. The number of benzene rings is 1. The lowest BCUT2D eigenvalue weighted by Crippen LogP contribution is -2.25. The molecule has 0 fully saturated rings. The van der Waals surface area contributed by atoms with Gasteiger partial charge in [-0.2, -0.15) is 0 Å². The highest BCUT2D eigenvalue weighted by Gasteiger charge is 2.12. The Balaban J connectivity index is 2.09. The van der Waals surface area contributed by atoms with Gasteiger partial charge in [-0.05, 0) is 24.3 Å². The maximum Gasteiger partial charge on any atom is 0.253 e. The summed E-state index contributed by atoms with van der Waals surface area (Å²) in [7, 11) is 1.76. The van der Waals surface area contributed by atoms with E-state index in [9.17, 15) is 4.79 Å². The summed E-state index contributed by atoms with van der Waals surface area (Å²) in [6.45, 7) is 0.534. The molecular formula is C13H13NO2S. The summed E-state index contributed by atoms with van der Waals surface area (Å²) in [5.74, 6) is -0.0258. The van der Waals surface area contributed by atoms with E-state index in [1.807, 2.05) is 18.2 Å². The van der Waals surface area contributed by atoms with E-state index in [4.69, 9.17) is 4.42 Å². The highest BCUT2D eigenvalue weighted by atomic mass is 32.1. The normalized spacial score (nSPS) is 10.2. The van der Waals surface area contributed by atoms with Crippen LogP contribution >= 0.6 is 12.6 Å². The third kappa shape index (κ3) is 2.91. The van der Waals surface area contributed by atoms with E-state index in [-0.39, 0.29) is 5.91 Å². The van der Waals surface area contributed by atoms with Gasteiger partial charge in [-0.3, -0.25) is 4.79 Å². The predicted octanol–water partition coefficient (Wildman–Crippen LogP) is 2.84. The topological polar surface area (TPSA) is 33.5 Å². The standard InChI is InChI=1S/C13H13NO2S/c1-14(8-10-5-6-16-9-10)13(15)11-3-2-4-12(17)7-11/h2-7,9,17H,8H2,1H3. The lowest BCUT2D eigenvalue weighted by molar-refractivity contribution is 0.0784. The van der Waals surface area contributed by atoms with Gasteiger partial charge >= 0.3 is 0 Å². The minimum Gasteiger partial charge on any atom is -0.472 e. The van der Waals surface area contributed by atoms with Crippen molar-refractivity contribution in [1.29, 1.82) is 0 Å². The molecular weight excluding hydrogens is 234 g/mol. The molecule has 0 radical (unpaired) electrons. The van der Waals surface area contributed by atoms with E-state index < -0.39 is 0 Å². The van der Waals surface area contributed by atoms with Gasteiger partial charge in [0.05, 0.1) is 12.5 Å². The molecule has 0 unspecified atom stereocenters. The van der Waals surface area contributed by atoms with Crippen LogP contribution in [0.5, 0.6) is 0 Å².